The average Bonchev–Trinajstić information content (AvgIpc) is 3.01. The van der Waals surface area contributed by atoms with E-state index in [1.807, 2.05) is 0 Å². The maximum absolute atomic E-state index is 6.03. The SMILES string of the molecule is c1ccc2c(c1)CC(CN1C[C@@H]3CCN[C@@H]3C1)O2. The van der Waals surface area contributed by atoms with Gasteiger partial charge in [0.1, 0.15) is 11.9 Å². The molecule has 3 aliphatic rings. The summed E-state index contributed by atoms with van der Waals surface area (Å²) in [6.07, 6.45) is 2.80. The van der Waals surface area contributed by atoms with Crippen LogP contribution in [-0.2, 0) is 6.42 Å². The first-order valence-electron chi connectivity index (χ1n) is 7.09. The molecule has 1 unspecified atom stereocenters. The predicted molar refractivity (Wildman–Crippen MR) is 70.9 cm³/mol. The van der Waals surface area contributed by atoms with Crippen molar-refractivity contribution in [2.45, 2.75) is 25.0 Å². The van der Waals surface area contributed by atoms with Crippen LogP contribution >= 0.6 is 0 Å². The lowest BCUT2D eigenvalue weighted by molar-refractivity contribution is 0.163. The molecule has 1 aromatic rings. The molecule has 0 aliphatic carbocycles. The number of nitrogens with zero attached hydrogens (tertiary/aromatic N) is 1. The third-order valence-electron chi connectivity index (χ3n) is 4.61. The number of para-hydroxylation sites is 1. The zero-order valence-electron chi connectivity index (χ0n) is 10.6. The van der Waals surface area contributed by atoms with Crippen molar-refractivity contribution >= 4 is 0 Å². The number of ether oxygens (including phenoxy) is 1. The Morgan fingerprint density at radius 2 is 2.22 bits per heavy atom. The van der Waals surface area contributed by atoms with Crippen molar-refractivity contribution in [1.29, 1.82) is 0 Å². The van der Waals surface area contributed by atoms with Crippen molar-refractivity contribution in [2.24, 2.45) is 5.92 Å². The molecule has 18 heavy (non-hydrogen) atoms. The van der Waals surface area contributed by atoms with Crippen LogP contribution in [0.4, 0.5) is 0 Å². The first-order valence-corrected chi connectivity index (χ1v) is 7.09. The van der Waals surface area contributed by atoms with E-state index in [9.17, 15) is 0 Å². The lowest BCUT2D eigenvalue weighted by Crippen LogP contribution is -2.36. The Hall–Kier alpha value is -1.06. The molecule has 0 aromatic heterocycles. The number of hydrogen-bond donors (Lipinski definition) is 1. The zero-order valence-corrected chi connectivity index (χ0v) is 10.6. The summed E-state index contributed by atoms with van der Waals surface area (Å²) in [5, 5.41) is 3.61. The molecule has 3 heteroatoms. The molecular formula is C15H20N2O. The van der Waals surface area contributed by atoms with Crippen molar-refractivity contribution in [2.75, 3.05) is 26.2 Å². The first-order chi connectivity index (χ1) is 8.88. The van der Waals surface area contributed by atoms with Gasteiger partial charge in [0, 0.05) is 32.1 Å². The highest BCUT2D eigenvalue weighted by molar-refractivity contribution is 5.37. The Morgan fingerprint density at radius 1 is 1.28 bits per heavy atom. The van der Waals surface area contributed by atoms with Gasteiger partial charge in [-0.3, -0.25) is 4.90 Å². The molecule has 3 heterocycles. The van der Waals surface area contributed by atoms with Crippen LogP contribution in [0.5, 0.6) is 5.75 Å². The molecule has 0 saturated carbocycles. The van der Waals surface area contributed by atoms with Crippen LogP contribution in [0, 0.1) is 5.92 Å². The number of likely N-dealkylation sites (tertiary alicyclic amines) is 1. The Morgan fingerprint density at radius 3 is 3.11 bits per heavy atom. The summed E-state index contributed by atoms with van der Waals surface area (Å²) < 4.78 is 6.03. The second kappa shape index (κ2) is 4.25. The normalized spacial score (nSPS) is 34.3. The molecular weight excluding hydrogens is 224 g/mol. The van der Waals surface area contributed by atoms with Crippen LogP contribution in [0.25, 0.3) is 0 Å². The van der Waals surface area contributed by atoms with Crippen LogP contribution in [0.15, 0.2) is 24.3 Å². The van der Waals surface area contributed by atoms with E-state index >= 15 is 0 Å². The molecule has 2 saturated heterocycles. The fourth-order valence-corrected chi connectivity index (χ4v) is 3.73. The van der Waals surface area contributed by atoms with E-state index in [2.05, 4.69) is 34.5 Å². The van der Waals surface area contributed by atoms with Gasteiger partial charge in [-0.2, -0.15) is 0 Å². The van der Waals surface area contributed by atoms with E-state index in [-0.39, 0.29) is 0 Å². The summed E-state index contributed by atoms with van der Waals surface area (Å²) in [6.45, 7) is 4.77. The molecule has 0 spiro atoms. The third kappa shape index (κ3) is 1.82. The smallest absolute Gasteiger partial charge is 0.123 e. The Bertz CT molecular complexity index is 411. The second-order valence-electron chi connectivity index (χ2n) is 5.88. The second-order valence-corrected chi connectivity index (χ2v) is 5.88. The molecule has 3 atom stereocenters. The standard InChI is InChI=1S/C15H20N2O/c1-2-4-15-11(3-1)7-13(18-15)9-17-8-12-5-6-16-14(12)10-17/h1-4,12-14,16H,5-10H2/t12-,13?,14+/m0/s1. The fraction of sp³-hybridized carbons (Fsp3) is 0.600. The van der Waals surface area contributed by atoms with E-state index in [1.54, 1.807) is 0 Å². The van der Waals surface area contributed by atoms with Gasteiger partial charge in [-0.15, -0.1) is 0 Å². The number of rotatable bonds is 2. The highest BCUT2D eigenvalue weighted by Crippen LogP contribution is 2.30. The van der Waals surface area contributed by atoms with Crippen molar-refractivity contribution in [3.8, 4) is 5.75 Å². The Kier molecular flexibility index (Phi) is 2.55. The van der Waals surface area contributed by atoms with E-state index in [1.165, 1.54) is 31.6 Å². The summed E-state index contributed by atoms with van der Waals surface area (Å²) in [4.78, 5) is 2.58. The molecule has 0 radical (unpaired) electrons. The van der Waals surface area contributed by atoms with E-state index in [0.29, 0.717) is 6.10 Å². The summed E-state index contributed by atoms with van der Waals surface area (Å²) in [5.74, 6) is 1.98. The molecule has 0 amide bonds. The molecule has 3 aliphatic heterocycles. The lowest BCUT2D eigenvalue weighted by atomic mass is 10.1. The minimum atomic E-state index is 0.362. The Balaban J connectivity index is 1.38. The van der Waals surface area contributed by atoms with Crippen LogP contribution in [0.1, 0.15) is 12.0 Å². The summed E-state index contributed by atoms with van der Waals surface area (Å²) >= 11 is 0. The molecule has 3 nitrogen and oxygen atoms in total. The fourth-order valence-electron chi connectivity index (χ4n) is 3.73. The van der Waals surface area contributed by atoms with Gasteiger partial charge in [0.25, 0.3) is 0 Å². The summed E-state index contributed by atoms with van der Waals surface area (Å²) in [7, 11) is 0. The maximum Gasteiger partial charge on any atom is 0.123 e. The molecule has 4 rings (SSSR count). The third-order valence-corrected chi connectivity index (χ3v) is 4.61. The van der Waals surface area contributed by atoms with Gasteiger partial charge in [-0.25, -0.2) is 0 Å². The van der Waals surface area contributed by atoms with Crippen LogP contribution in [0.2, 0.25) is 0 Å². The van der Waals surface area contributed by atoms with Crippen molar-refractivity contribution < 1.29 is 4.74 Å². The van der Waals surface area contributed by atoms with Gasteiger partial charge >= 0.3 is 0 Å². The first kappa shape index (κ1) is 10.8. The predicted octanol–water partition coefficient (Wildman–Crippen LogP) is 1.28. The van der Waals surface area contributed by atoms with E-state index in [0.717, 1.165) is 30.7 Å². The minimum Gasteiger partial charge on any atom is -0.488 e. The van der Waals surface area contributed by atoms with Crippen LogP contribution in [0.3, 0.4) is 0 Å². The molecule has 2 fully saturated rings. The van der Waals surface area contributed by atoms with Crippen LogP contribution < -0.4 is 10.1 Å². The molecule has 96 valence electrons. The highest BCUT2D eigenvalue weighted by atomic mass is 16.5. The zero-order chi connectivity index (χ0) is 11.9. The van der Waals surface area contributed by atoms with Crippen molar-refractivity contribution in [1.82, 2.24) is 10.2 Å². The van der Waals surface area contributed by atoms with Gasteiger partial charge in [0.15, 0.2) is 0 Å². The largest absolute Gasteiger partial charge is 0.488 e. The molecule has 0 bridgehead atoms. The summed E-state index contributed by atoms with van der Waals surface area (Å²) in [6, 6.07) is 9.19. The van der Waals surface area contributed by atoms with Gasteiger partial charge in [-0.05, 0) is 30.5 Å². The minimum absolute atomic E-state index is 0.362. The van der Waals surface area contributed by atoms with E-state index < -0.39 is 0 Å². The van der Waals surface area contributed by atoms with Crippen LogP contribution in [-0.4, -0.2) is 43.2 Å². The monoisotopic (exact) mass is 244 g/mol. The number of hydrogen-bond acceptors (Lipinski definition) is 3. The lowest BCUT2D eigenvalue weighted by Gasteiger charge is -2.20. The maximum atomic E-state index is 6.03. The van der Waals surface area contributed by atoms with Crippen molar-refractivity contribution in [3.05, 3.63) is 29.8 Å². The molecule has 1 N–H and O–H groups in total. The van der Waals surface area contributed by atoms with Gasteiger partial charge < -0.3 is 10.1 Å². The number of fused-ring (bicyclic) bond motifs is 2. The topological polar surface area (TPSA) is 24.5 Å². The van der Waals surface area contributed by atoms with Gasteiger partial charge in [0.05, 0.1) is 0 Å². The van der Waals surface area contributed by atoms with Gasteiger partial charge in [0.2, 0.25) is 0 Å². The van der Waals surface area contributed by atoms with E-state index in [4.69, 9.17) is 4.74 Å². The average molecular weight is 244 g/mol. The highest BCUT2D eigenvalue weighted by Gasteiger charge is 2.37. The molecule has 1 aromatic carbocycles. The number of nitrogens with one attached hydrogen (secondary N) is 1. The quantitative estimate of drug-likeness (QED) is 0.848. The van der Waals surface area contributed by atoms with Crippen molar-refractivity contribution in [3.63, 3.8) is 0 Å². The summed E-state index contributed by atoms with van der Waals surface area (Å²) in [5.41, 5.74) is 1.38. The van der Waals surface area contributed by atoms with Gasteiger partial charge in [-0.1, -0.05) is 18.2 Å². The number of benzene rings is 1. The Labute approximate surface area is 108 Å².